The number of likely N-dealkylation sites (N-methyl/N-ethyl adjacent to an activating group) is 1. The third-order valence-electron chi connectivity index (χ3n) is 3.32. The van der Waals surface area contributed by atoms with Crippen LogP contribution in [0.3, 0.4) is 0 Å². The van der Waals surface area contributed by atoms with Gasteiger partial charge in [0.05, 0.1) is 0 Å². The Morgan fingerprint density at radius 3 is 2.62 bits per heavy atom. The van der Waals surface area contributed by atoms with Crippen LogP contribution in [-0.4, -0.2) is 37.1 Å². The molecule has 0 spiro atoms. The Morgan fingerprint density at radius 1 is 1.38 bits per heavy atom. The van der Waals surface area contributed by atoms with Crippen LogP contribution in [0.2, 0.25) is 0 Å². The van der Waals surface area contributed by atoms with Crippen molar-refractivity contribution in [3.8, 4) is 0 Å². The molecule has 13 heavy (non-hydrogen) atoms. The molecule has 1 aliphatic heterocycles. The monoisotopic (exact) mass is 184 g/mol. The lowest BCUT2D eigenvalue weighted by atomic mass is 10.0. The van der Waals surface area contributed by atoms with Crippen molar-refractivity contribution in [2.45, 2.75) is 51.6 Å². The summed E-state index contributed by atoms with van der Waals surface area (Å²) >= 11 is 0. The number of nitrogens with zero attached hydrogens (tertiary/aromatic N) is 1. The van der Waals surface area contributed by atoms with Gasteiger partial charge in [-0.3, -0.25) is 4.90 Å². The molecule has 2 heteroatoms. The van der Waals surface area contributed by atoms with Crippen molar-refractivity contribution in [2.24, 2.45) is 0 Å². The average Bonchev–Trinajstić information content (AvgIpc) is 2.20. The molecule has 0 aromatic carbocycles. The van der Waals surface area contributed by atoms with E-state index in [0.717, 1.165) is 12.1 Å². The highest BCUT2D eigenvalue weighted by molar-refractivity contribution is 4.80. The van der Waals surface area contributed by atoms with E-state index in [1.807, 2.05) is 0 Å². The van der Waals surface area contributed by atoms with Crippen molar-refractivity contribution in [1.82, 2.24) is 10.2 Å². The van der Waals surface area contributed by atoms with Gasteiger partial charge in [0.25, 0.3) is 0 Å². The highest BCUT2D eigenvalue weighted by Crippen LogP contribution is 2.16. The van der Waals surface area contributed by atoms with Crippen molar-refractivity contribution in [3.63, 3.8) is 0 Å². The van der Waals surface area contributed by atoms with Gasteiger partial charge in [-0.15, -0.1) is 0 Å². The maximum atomic E-state index is 3.40. The molecule has 0 saturated carbocycles. The summed E-state index contributed by atoms with van der Waals surface area (Å²) in [6.45, 7) is 7.17. The Kier molecular flexibility index (Phi) is 4.74. The summed E-state index contributed by atoms with van der Waals surface area (Å²) in [6.07, 6.45) is 5.31. The van der Waals surface area contributed by atoms with E-state index in [4.69, 9.17) is 0 Å². The van der Waals surface area contributed by atoms with E-state index in [2.05, 4.69) is 31.1 Å². The molecule has 0 bridgehead atoms. The maximum absolute atomic E-state index is 3.40. The van der Waals surface area contributed by atoms with Crippen LogP contribution in [0, 0.1) is 0 Å². The minimum Gasteiger partial charge on any atom is -0.316 e. The number of piperidine rings is 1. The molecule has 2 nitrogen and oxygen atoms in total. The zero-order chi connectivity index (χ0) is 9.68. The topological polar surface area (TPSA) is 15.3 Å². The molecule has 1 N–H and O–H groups in total. The van der Waals surface area contributed by atoms with Crippen LogP contribution in [0.15, 0.2) is 0 Å². The number of likely N-dealkylation sites (tertiary alicyclic amines) is 1. The second-order valence-corrected chi connectivity index (χ2v) is 4.09. The largest absolute Gasteiger partial charge is 0.316 e. The summed E-state index contributed by atoms with van der Waals surface area (Å²) in [5.74, 6) is 0. The van der Waals surface area contributed by atoms with Gasteiger partial charge in [-0.25, -0.2) is 0 Å². The zero-order valence-electron chi connectivity index (χ0n) is 9.34. The second-order valence-electron chi connectivity index (χ2n) is 4.09. The Labute approximate surface area is 82.7 Å². The van der Waals surface area contributed by atoms with E-state index in [1.54, 1.807) is 0 Å². The maximum Gasteiger partial charge on any atom is 0.0192 e. The van der Waals surface area contributed by atoms with Gasteiger partial charge in [-0.2, -0.15) is 0 Å². The quantitative estimate of drug-likeness (QED) is 0.717. The van der Waals surface area contributed by atoms with Crippen molar-refractivity contribution in [3.05, 3.63) is 0 Å². The van der Waals surface area contributed by atoms with Gasteiger partial charge >= 0.3 is 0 Å². The first-order valence-electron chi connectivity index (χ1n) is 5.73. The minimum atomic E-state index is 0.731. The molecular weight excluding hydrogens is 160 g/mol. The van der Waals surface area contributed by atoms with Crippen LogP contribution < -0.4 is 5.32 Å². The van der Waals surface area contributed by atoms with Gasteiger partial charge in [0.15, 0.2) is 0 Å². The molecule has 1 aliphatic rings. The molecule has 1 rings (SSSR count). The van der Waals surface area contributed by atoms with Gasteiger partial charge in [0.1, 0.15) is 0 Å². The molecule has 1 fully saturated rings. The fraction of sp³-hybridized carbons (Fsp3) is 1.00. The molecule has 1 atom stereocenters. The Bertz CT molecular complexity index is 132. The predicted octanol–water partition coefficient (Wildman–Crippen LogP) is 1.86. The number of rotatable bonds is 4. The summed E-state index contributed by atoms with van der Waals surface area (Å²) in [5.41, 5.74) is 0. The van der Waals surface area contributed by atoms with Crippen molar-refractivity contribution >= 4 is 0 Å². The van der Waals surface area contributed by atoms with E-state index < -0.39 is 0 Å². The van der Waals surface area contributed by atoms with Gasteiger partial charge < -0.3 is 5.32 Å². The van der Waals surface area contributed by atoms with E-state index >= 15 is 0 Å². The number of hydrogen-bond donors (Lipinski definition) is 1. The van der Waals surface area contributed by atoms with Gasteiger partial charge in [-0.05, 0) is 39.3 Å². The average molecular weight is 184 g/mol. The smallest absolute Gasteiger partial charge is 0.0192 e. The lowest BCUT2D eigenvalue weighted by molar-refractivity contribution is 0.133. The van der Waals surface area contributed by atoms with E-state index in [1.165, 1.54) is 38.8 Å². The first-order chi connectivity index (χ1) is 6.31. The first-order valence-corrected chi connectivity index (χ1v) is 5.73. The summed E-state index contributed by atoms with van der Waals surface area (Å²) in [5, 5.41) is 3.40. The highest BCUT2D eigenvalue weighted by Gasteiger charge is 2.22. The lowest BCUT2D eigenvalue weighted by Gasteiger charge is -2.37. The Hall–Kier alpha value is -0.0800. The summed E-state index contributed by atoms with van der Waals surface area (Å²) < 4.78 is 0. The van der Waals surface area contributed by atoms with Crippen molar-refractivity contribution < 1.29 is 0 Å². The van der Waals surface area contributed by atoms with Crippen molar-refractivity contribution in [1.29, 1.82) is 0 Å². The highest BCUT2D eigenvalue weighted by atomic mass is 15.2. The molecule has 0 radical (unpaired) electrons. The van der Waals surface area contributed by atoms with Gasteiger partial charge in [-0.1, -0.05) is 13.8 Å². The fourth-order valence-electron chi connectivity index (χ4n) is 2.38. The predicted molar refractivity (Wildman–Crippen MR) is 58.0 cm³/mol. The van der Waals surface area contributed by atoms with E-state index in [0.29, 0.717) is 0 Å². The molecule has 0 aromatic rings. The standard InChI is InChI=1S/C11H24N2/c1-4-11(5-2)13-8-6-7-10(9-13)12-3/h10-12H,4-9H2,1-3H3. The molecule has 0 amide bonds. The summed E-state index contributed by atoms with van der Waals surface area (Å²) in [4.78, 5) is 2.66. The zero-order valence-corrected chi connectivity index (χ0v) is 9.34. The third kappa shape index (κ3) is 2.96. The Balaban J connectivity index is 2.40. The van der Waals surface area contributed by atoms with Crippen molar-refractivity contribution in [2.75, 3.05) is 20.1 Å². The van der Waals surface area contributed by atoms with E-state index in [-0.39, 0.29) is 0 Å². The molecule has 1 unspecified atom stereocenters. The number of hydrogen-bond acceptors (Lipinski definition) is 2. The molecular formula is C11H24N2. The molecule has 0 aromatic heterocycles. The van der Waals surface area contributed by atoms with Crippen LogP contribution in [-0.2, 0) is 0 Å². The summed E-state index contributed by atoms with van der Waals surface area (Å²) in [7, 11) is 2.08. The third-order valence-corrected chi connectivity index (χ3v) is 3.32. The van der Waals surface area contributed by atoms with Gasteiger partial charge in [0, 0.05) is 18.6 Å². The fourth-order valence-corrected chi connectivity index (χ4v) is 2.38. The first kappa shape index (κ1) is 11.0. The van der Waals surface area contributed by atoms with Gasteiger partial charge in [0.2, 0.25) is 0 Å². The minimum absolute atomic E-state index is 0.731. The molecule has 78 valence electrons. The SMILES string of the molecule is CCC(CC)N1CCCC(NC)C1. The molecule has 1 saturated heterocycles. The van der Waals surface area contributed by atoms with Crippen LogP contribution in [0.4, 0.5) is 0 Å². The summed E-state index contributed by atoms with van der Waals surface area (Å²) in [6, 6.07) is 1.55. The molecule has 1 heterocycles. The Morgan fingerprint density at radius 2 is 2.08 bits per heavy atom. The van der Waals surface area contributed by atoms with Crippen LogP contribution in [0.25, 0.3) is 0 Å². The lowest BCUT2D eigenvalue weighted by Crippen LogP contribution is -2.48. The molecule has 0 aliphatic carbocycles. The van der Waals surface area contributed by atoms with Crippen LogP contribution in [0.5, 0.6) is 0 Å². The van der Waals surface area contributed by atoms with Crippen LogP contribution >= 0.6 is 0 Å². The van der Waals surface area contributed by atoms with Crippen LogP contribution in [0.1, 0.15) is 39.5 Å². The normalized spacial score (nSPS) is 25.4. The second kappa shape index (κ2) is 5.61. The number of nitrogens with one attached hydrogen (secondary N) is 1. The van der Waals surface area contributed by atoms with E-state index in [9.17, 15) is 0 Å².